The van der Waals surface area contributed by atoms with E-state index in [1.165, 1.54) is 11.8 Å². The molecule has 3 atom stereocenters. The Morgan fingerprint density at radius 3 is 2.71 bits per heavy atom. The molecule has 8 nitrogen and oxygen atoms in total. The van der Waals surface area contributed by atoms with Crippen molar-refractivity contribution in [3.8, 4) is 0 Å². The standard InChI is InChI=1S/C23H30N4O4/c1-14-7-5-8-20(25-14)26-21-15(2)23(30)27(16(3)28)19-10-9-17(13-18(19)21)22(29)24-11-6-12-31-4/h5,7-10,13,15,21,23,30H,6,11-12H2,1-4H3,(H,24,29)(H,25,26)/t15-,21-,23+/m1/s1. The zero-order chi connectivity index (χ0) is 22.5. The van der Waals surface area contributed by atoms with Crippen LogP contribution in [0.2, 0.25) is 0 Å². The number of aliphatic hydroxyl groups is 1. The molecule has 3 rings (SSSR count). The van der Waals surface area contributed by atoms with Crippen molar-refractivity contribution in [3.05, 3.63) is 53.2 Å². The second-order valence-corrected chi connectivity index (χ2v) is 7.82. The molecule has 0 saturated heterocycles. The Morgan fingerprint density at radius 2 is 2.03 bits per heavy atom. The lowest BCUT2D eigenvalue weighted by Gasteiger charge is -2.42. The molecule has 3 N–H and O–H groups in total. The highest BCUT2D eigenvalue weighted by Gasteiger charge is 2.40. The number of benzene rings is 1. The minimum atomic E-state index is -0.999. The molecule has 8 heteroatoms. The largest absolute Gasteiger partial charge is 0.385 e. The van der Waals surface area contributed by atoms with E-state index in [9.17, 15) is 14.7 Å². The van der Waals surface area contributed by atoms with Crippen LogP contribution >= 0.6 is 0 Å². The zero-order valence-corrected chi connectivity index (χ0v) is 18.4. The number of methoxy groups -OCH3 is 1. The first-order chi connectivity index (χ1) is 14.8. The van der Waals surface area contributed by atoms with Gasteiger partial charge in [-0.3, -0.25) is 14.5 Å². The number of ether oxygens (including phenoxy) is 1. The second-order valence-electron chi connectivity index (χ2n) is 7.82. The van der Waals surface area contributed by atoms with Crippen LogP contribution in [0.1, 0.15) is 47.9 Å². The Labute approximate surface area is 182 Å². The lowest BCUT2D eigenvalue weighted by molar-refractivity contribution is -0.119. The molecular formula is C23H30N4O4. The van der Waals surface area contributed by atoms with Crippen molar-refractivity contribution in [2.45, 2.75) is 39.5 Å². The highest BCUT2D eigenvalue weighted by molar-refractivity contribution is 5.97. The molecule has 2 heterocycles. The van der Waals surface area contributed by atoms with Crippen LogP contribution in [0.25, 0.3) is 0 Å². The van der Waals surface area contributed by atoms with Gasteiger partial charge in [-0.15, -0.1) is 0 Å². The molecule has 1 aromatic carbocycles. The van der Waals surface area contributed by atoms with E-state index in [1.54, 1.807) is 25.3 Å². The molecule has 0 unspecified atom stereocenters. The molecule has 0 radical (unpaired) electrons. The van der Waals surface area contributed by atoms with Gasteiger partial charge < -0.3 is 20.5 Å². The summed E-state index contributed by atoms with van der Waals surface area (Å²) in [7, 11) is 1.62. The van der Waals surface area contributed by atoms with E-state index in [1.807, 2.05) is 32.0 Å². The first-order valence-electron chi connectivity index (χ1n) is 10.4. The van der Waals surface area contributed by atoms with E-state index < -0.39 is 6.23 Å². The van der Waals surface area contributed by atoms with Crippen LogP contribution in [0.3, 0.4) is 0 Å². The van der Waals surface area contributed by atoms with Gasteiger partial charge in [0.1, 0.15) is 12.0 Å². The minimum Gasteiger partial charge on any atom is -0.385 e. The SMILES string of the molecule is COCCCNC(=O)c1ccc2c(c1)[C@H](Nc1cccc(C)n1)[C@@H](C)[C@H](O)N2C(C)=O. The third-order valence-corrected chi connectivity index (χ3v) is 5.49. The molecule has 2 aromatic rings. The maximum atomic E-state index is 12.6. The maximum Gasteiger partial charge on any atom is 0.251 e. The molecule has 2 amide bonds. The molecule has 0 saturated carbocycles. The van der Waals surface area contributed by atoms with E-state index in [-0.39, 0.29) is 23.8 Å². The zero-order valence-electron chi connectivity index (χ0n) is 18.4. The molecule has 1 aliphatic heterocycles. The summed E-state index contributed by atoms with van der Waals surface area (Å²) in [6, 6.07) is 10.5. The molecule has 0 spiro atoms. The van der Waals surface area contributed by atoms with Gasteiger partial charge in [-0.2, -0.15) is 0 Å². The first kappa shape index (κ1) is 22.7. The van der Waals surface area contributed by atoms with Gasteiger partial charge in [0, 0.05) is 44.4 Å². The Bertz CT molecular complexity index is 949. The number of nitrogens with one attached hydrogen (secondary N) is 2. The predicted molar refractivity (Wildman–Crippen MR) is 119 cm³/mol. The number of rotatable bonds is 7. The van der Waals surface area contributed by atoms with E-state index >= 15 is 0 Å². The van der Waals surface area contributed by atoms with Gasteiger partial charge in [-0.25, -0.2) is 4.98 Å². The number of anilines is 2. The quantitative estimate of drug-likeness (QED) is 0.588. The molecule has 1 aliphatic rings. The monoisotopic (exact) mass is 426 g/mol. The van der Waals surface area contributed by atoms with E-state index in [4.69, 9.17) is 4.74 Å². The second kappa shape index (κ2) is 9.89. The van der Waals surface area contributed by atoms with Crippen LogP contribution < -0.4 is 15.5 Å². The summed E-state index contributed by atoms with van der Waals surface area (Å²) in [5.74, 6) is -0.122. The Hall–Kier alpha value is -2.97. The molecule has 166 valence electrons. The summed E-state index contributed by atoms with van der Waals surface area (Å²) in [6.45, 7) is 6.28. The van der Waals surface area contributed by atoms with Crippen LogP contribution in [-0.2, 0) is 9.53 Å². The van der Waals surface area contributed by atoms with Crippen molar-refractivity contribution < 1.29 is 19.4 Å². The summed E-state index contributed by atoms with van der Waals surface area (Å²) in [5.41, 5.74) is 2.70. The average Bonchev–Trinajstić information content (AvgIpc) is 2.74. The van der Waals surface area contributed by atoms with E-state index in [0.29, 0.717) is 30.2 Å². The fourth-order valence-corrected chi connectivity index (χ4v) is 3.87. The minimum absolute atomic E-state index is 0.195. The molecule has 31 heavy (non-hydrogen) atoms. The third kappa shape index (κ3) is 5.03. The first-order valence-corrected chi connectivity index (χ1v) is 10.4. The van der Waals surface area contributed by atoms with Gasteiger partial charge in [0.05, 0.1) is 11.7 Å². The topological polar surface area (TPSA) is 104 Å². The number of hydrogen-bond acceptors (Lipinski definition) is 6. The lowest BCUT2D eigenvalue weighted by Crippen LogP contribution is -2.50. The Kier molecular flexibility index (Phi) is 7.25. The number of nitrogens with zero attached hydrogens (tertiary/aromatic N) is 2. The van der Waals surface area contributed by atoms with Crippen molar-refractivity contribution in [1.82, 2.24) is 10.3 Å². The van der Waals surface area contributed by atoms with Crippen molar-refractivity contribution in [2.75, 3.05) is 30.5 Å². The Morgan fingerprint density at radius 1 is 1.26 bits per heavy atom. The van der Waals surface area contributed by atoms with Crippen LogP contribution in [0, 0.1) is 12.8 Å². The summed E-state index contributed by atoms with van der Waals surface area (Å²) < 4.78 is 5.01. The normalized spacial score (nSPS) is 20.2. The van der Waals surface area contributed by atoms with Crippen LogP contribution in [-0.4, -0.2) is 48.4 Å². The number of aryl methyl sites for hydroxylation is 1. The number of carbonyl (C=O) groups is 2. The van der Waals surface area contributed by atoms with Crippen molar-refractivity contribution in [1.29, 1.82) is 0 Å². The average molecular weight is 427 g/mol. The molecule has 0 bridgehead atoms. The van der Waals surface area contributed by atoms with Gasteiger partial charge in [-0.05, 0) is 49.2 Å². The van der Waals surface area contributed by atoms with Crippen molar-refractivity contribution in [2.24, 2.45) is 5.92 Å². The lowest BCUT2D eigenvalue weighted by atomic mass is 9.85. The number of amides is 2. The predicted octanol–water partition coefficient (Wildman–Crippen LogP) is 2.63. The van der Waals surface area contributed by atoms with Crippen LogP contribution in [0.15, 0.2) is 36.4 Å². The molecule has 1 aromatic heterocycles. The van der Waals surface area contributed by atoms with E-state index in [0.717, 1.165) is 17.7 Å². The number of hydrogen-bond donors (Lipinski definition) is 3. The summed E-state index contributed by atoms with van der Waals surface area (Å²) in [5, 5.41) is 17.1. The smallest absolute Gasteiger partial charge is 0.251 e. The Balaban J connectivity index is 1.96. The number of pyridine rings is 1. The van der Waals surface area contributed by atoms with Crippen molar-refractivity contribution >= 4 is 23.3 Å². The number of fused-ring (bicyclic) bond motifs is 1. The summed E-state index contributed by atoms with van der Waals surface area (Å²) in [4.78, 5) is 30.8. The van der Waals surface area contributed by atoms with Gasteiger partial charge >= 0.3 is 0 Å². The molecule has 0 aliphatic carbocycles. The number of aromatic nitrogens is 1. The highest BCUT2D eigenvalue weighted by Crippen LogP contribution is 2.42. The van der Waals surface area contributed by atoms with E-state index in [2.05, 4.69) is 15.6 Å². The van der Waals surface area contributed by atoms with Crippen LogP contribution in [0.4, 0.5) is 11.5 Å². The van der Waals surface area contributed by atoms with Gasteiger partial charge in [0.2, 0.25) is 5.91 Å². The summed E-state index contributed by atoms with van der Waals surface area (Å²) >= 11 is 0. The van der Waals surface area contributed by atoms with Gasteiger partial charge in [0.25, 0.3) is 5.91 Å². The van der Waals surface area contributed by atoms with Crippen molar-refractivity contribution in [3.63, 3.8) is 0 Å². The molecule has 0 fully saturated rings. The maximum absolute atomic E-state index is 12.6. The number of carbonyl (C=O) groups excluding carboxylic acids is 2. The third-order valence-electron chi connectivity index (χ3n) is 5.49. The fourth-order valence-electron chi connectivity index (χ4n) is 3.87. The molecular weight excluding hydrogens is 396 g/mol. The van der Waals surface area contributed by atoms with Crippen LogP contribution in [0.5, 0.6) is 0 Å². The van der Waals surface area contributed by atoms with Gasteiger partial charge in [0.15, 0.2) is 0 Å². The van der Waals surface area contributed by atoms with Gasteiger partial charge in [-0.1, -0.05) is 13.0 Å². The highest BCUT2D eigenvalue weighted by atomic mass is 16.5. The number of aliphatic hydroxyl groups excluding tert-OH is 1. The fraction of sp³-hybridized carbons (Fsp3) is 0.435. The summed E-state index contributed by atoms with van der Waals surface area (Å²) in [6.07, 6.45) is -0.279.